The topological polar surface area (TPSA) is 18.5 Å². The minimum absolute atomic E-state index is 0.875. The summed E-state index contributed by atoms with van der Waals surface area (Å²) in [6, 6.07) is 33.2. The van der Waals surface area contributed by atoms with Crippen LogP contribution in [0, 0.1) is 0 Å². The number of hydrogen-bond acceptors (Lipinski definition) is 2. The summed E-state index contributed by atoms with van der Waals surface area (Å²) >= 11 is 0. The minimum atomic E-state index is 0.875. The maximum absolute atomic E-state index is 5.41. The molecule has 0 aliphatic rings. The Morgan fingerprint density at radius 1 is 0.438 bits per heavy atom. The third-order valence-electron chi connectivity index (χ3n) is 5.34. The second-order valence-electron chi connectivity index (χ2n) is 7.39. The van der Waals surface area contributed by atoms with Gasteiger partial charge in [0.15, 0.2) is 0 Å². The third-order valence-corrected chi connectivity index (χ3v) is 5.34. The summed E-state index contributed by atoms with van der Waals surface area (Å²) in [5.74, 6) is 1.75. The Morgan fingerprint density at radius 2 is 0.812 bits per heavy atom. The van der Waals surface area contributed by atoms with Crippen molar-refractivity contribution in [3.05, 3.63) is 119 Å². The molecule has 0 aromatic heterocycles. The molecule has 0 aliphatic heterocycles. The van der Waals surface area contributed by atoms with E-state index in [9.17, 15) is 0 Å². The molecule has 0 atom stereocenters. The van der Waals surface area contributed by atoms with Gasteiger partial charge < -0.3 is 9.47 Å². The number of rotatable bonds is 7. The van der Waals surface area contributed by atoms with Gasteiger partial charge in [-0.3, -0.25) is 0 Å². The molecule has 4 aromatic carbocycles. The summed E-state index contributed by atoms with van der Waals surface area (Å²) in [6.07, 6.45) is 8.37. The lowest BCUT2D eigenvalue weighted by atomic mass is 10.0. The van der Waals surface area contributed by atoms with E-state index in [1.807, 2.05) is 48.5 Å². The quantitative estimate of drug-likeness (QED) is 0.286. The lowest BCUT2D eigenvalue weighted by Gasteiger charge is -2.05. The lowest BCUT2D eigenvalue weighted by molar-refractivity contribution is 0.414. The molecule has 0 spiro atoms. The first kappa shape index (κ1) is 21.2. The Hall–Kier alpha value is -4.04. The second kappa shape index (κ2) is 10.3. The first-order valence-corrected chi connectivity index (χ1v) is 10.6. The Balaban J connectivity index is 1.45. The molecule has 0 unspecified atom stereocenters. The van der Waals surface area contributed by atoms with Crippen LogP contribution >= 0.6 is 0 Å². The molecule has 0 radical (unpaired) electrons. The average molecular weight is 419 g/mol. The molecule has 0 heterocycles. The van der Waals surface area contributed by atoms with E-state index in [0.717, 1.165) is 33.8 Å². The number of methoxy groups -OCH3 is 2. The summed E-state index contributed by atoms with van der Waals surface area (Å²) < 4.78 is 10.8. The summed E-state index contributed by atoms with van der Waals surface area (Å²) in [7, 11) is 3.39. The van der Waals surface area contributed by atoms with Crippen LogP contribution < -0.4 is 9.47 Å². The van der Waals surface area contributed by atoms with Crippen molar-refractivity contribution in [1.29, 1.82) is 0 Å². The van der Waals surface area contributed by atoms with E-state index in [4.69, 9.17) is 9.47 Å². The van der Waals surface area contributed by atoms with Crippen LogP contribution in [0.15, 0.2) is 97.1 Å². The van der Waals surface area contributed by atoms with Gasteiger partial charge in [0.2, 0.25) is 0 Å². The summed E-state index contributed by atoms with van der Waals surface area (Å²) in [6.45, 7) is 0. The molecule has 0 amide bonds. The molecule has 2 nitrogen and oxygen atoms in total. The molecule has 0 aliphatic carbocycles. The standard InChI is InChI=1S/C30H26O2/c1-31-29-9-5-3-7-27(29)21-15-23-11-17-25(18-12-23)26-19-13-24(14-20-26)16-22-28-8-4-6-10-30(28)32-2/h3-22H,1-2H3/b21-15+,22-16+. The summed E-state index contributed by atoms with van der Waals surface area (Å²) in [5.41, 5.74) is 6.82. The van der Waals surface area contributed by atoms with Crippen LogP contribution in [0.4, 0.5) is 0 Å². The largest absolute Gasteiger partial charge is 0.496 e. The molecule has 4 rings (SSSR count). The molecule has 4 aromatic rings. The second-order valence-corrected chi connectivity index (χ2v) is 7.39. The molecule has 0 N–H and O–H groups in total. The van der Waals surface area contributed by atoms with Crippen molar-refractivity contribution in [2.75, 3.05) is 14.2 Å². The summed E-state index contributed by atoms with van der Waals surface area (Å²) in [4.78, 5) is 0. The zero-order valence-electron chi connectivity index (χ0n) is 18.4. The first-order valence-electron chi connectivity index (χ1n) is 10.6. The van der Waals surface area contributed by atoms with Crippen molar-refractivity contribution in [1.82, 2.24) is 0 Å². The molecule has 158 valence electrons. The maximum atomic E-state index is 5.41. The molecular formula is C30H26O2. The number of hydrogen-bond donors (Lipinski definition) is 0. The van der Waals surface area contributed by atoms with Crippen molar-refractivity contribution in [3.8, 4) is 22.6 Å². The monoisotopic (exact) mass is 418 g/mol. The van der Waals surface area contributed by atoms with Crippen LogP contribution in [0.25, 0.3) is 35.4 Å². The molecule has 0 fully saturated rings. The van der Waals surface area contributed by atoms with E-state index < -0.39 is 0 Å². The smallest absolute Gasteiger partial charge is 0.126 e. The van der Waals surface area contributed by atoms with Crippen LogP contribution in [0.5, 0.6) is 11.5 Å². The molecule has 0 saturated carbocycles. The highest BCUT2D eigenvalue weighted by atomic mass is 16.5. The van der Waals surface area contributed by atoms with Gasteiger partial charge in [0.1, 0.15) is 11.5 Å². The predicted molar refractivity (Wildman–Crippen MR) is 136 cm³/mol. The SMILES string of the molecule is COc1ccccc1/C=C/c1ccc(-c2ccc(/C=C/c3ccccc3OC)cc2)cc1. The number of benzene rings is 4. The third kappa shape index (κ3) is 5.16. The number of ether oxygens (including phenoxy) is 2. The molecule has 2 heteroatoms. The van der Waals surface area contributed by atoms with Gasteiger partial charge in [-0.25, -0.2) is 0 Å². The van der Waals surface area contributed by atoms with E-state index in [0.29, 0.717) is 0 Å². The average Bonchev–Trinajstić information content (AvgIpc) is 2.87. The van der Waals surface area contributed by atoms with Gasteiger partial charge in [0, 0.05) is 11.1 Å². The van der Waals surface area contributed by atoms with E-state index in [1.165, 1.54) is 11.1 Å². The van der Waals surface area contributed by atoms with Crippen molar-refractivity contribution in [2.24, 2.45) is 0 Å². The lowest BCUT2D eigenvalue weighted by Crippen LogP contribution is -1.85. The van der Waals surface area contributed by atoms with Crippen LogP contribution in [-0.2, 0) is 0 Å². The Labute approximate surface area is 190 Å². The van der Waals surface area contributed by atoms with Gasteiger partial charge in [0.25, 0.3) is 0 Å². The molecule has 32 heavy (non-hydrogen) atoms. The van der Waals surface area contributed by atoms with E-state index >= 15 is 0 Å². The van der Waals surface area contributed by atoms with Crippen molar-refractivity contribution in [3.63, 3.8) is 0 Å². The van der Waals surface area contributed by atoms with Gasteiger partial charge in [-0.15, -0.1) is 0 Å². The predicted octanol–water partition coefficient (Wildman–Crippen LogP) is 7.71. The minimum Gasteiger partial charge on any atom is -0.496 e. The normalized spacial score (nSPS) is 11.2. The maximum Gasteiger partial charge on any atom is 0.126 e. The van der Waals surface area contributed by atoms with Crippen molar-refractivity contribution in [2.45, 2.75) is 0 Å². The highest BCUT2D eigenvalue weighted by Gasteiger charge is 2.00. The van der Waals surface area contributed by atoms with Crippen molar-refractivity contribution >= 4 is 24.3 Å². The van der Waals surface area contributed by atoms with E-state index in [-0.39, 0.29) is 0 Å². The van der Waals surface area contributed by atoms with E-state index in [1.54, 1.807) is 14.2 Å². The molecule has 0 saturated heterocycles. The van der Waals surface area contributed by atoms with Crippen molar-refractivity contribution < 1.29 is 9.47 Å². The molecular weight excluding hydrogens is 392 g/mol. The highest BCUT2D eigenvalue weighted by molar-refractivity contribution is 5.76. The summed E-state index contributed by atoms with van der Waals surface area (Å²) in [5, 5.41) is 0. The van der Waals surface area contributed by atoms with Crippen LogP contribution in [0.2, 0.25) is 0 Å². The Morgan fingerprint density at radius 3 is 1.19 bits per heavy atom. The van der Waals surface area contributed by atoms with E-state index in [2.05, 4.69) is 72.8 Å². The highest BCUT2D eigenvalue weighted by Crippen LogP contribution is 2.24. The fourth-order valence-electron chi connectivity index (χ4n) is 3.55. The number of para-hydroxylation sites is 2. The fraction of sp³-hybridized carbons (Fsp3) is 0.0667. The Kier molecular flexibility index (Phi) is 6.84. The fourth-order valence-corrected chi connectivity index (χ4v) is 3.55. The van der Waals surface area contributed by atoms with Gasteiger partial charge in [-0.1, -0.05) is 109 Å². The zero-order chi connectivity index (χ0) is 22.2. The van der Waals surface area contributed by atoms with Crippen LogP contribution in [-0.4, -0.2) is 14.2 Å². The Bertz CT molecular complexity index is 1120. The van der Waals surface area contributed by atoms with Crippen LogP contribution in [0.1, 0.15) is 22.3 Å². The van der Waals surface area contributed by atoms with Gasteiger partial charge in [0.05, 0.1) is 14.2 Å². The van der Waals surface area contributed by atoms with Gasteiger partial charge in [-0.2, -0.15) is 0 Å². The molecule has 0 bridgehead atoms. The van der Waals surface area contributed by atoms with Crippen LogP contribution in [0.3, 0.4) is 0 Å². The van der Waals surface area contributed by atoms with Gasteiger partial charge >= 0.3 is 0 Å². The van der Waals surface area contributed by atoms with Gasteiger partial charge in [-0.05, 0) is 34.4 Å². The first-order chi connectivity index (χ1) is 15.8. The zero-order valence-corrected chi connectivity index (χ0v) is 18.4.